The van der Waals surface area contributed by atoms with Crippen LogP contribution >= 0.6 is 46.4 Å². The van der Waals surface area contributed by atoms with E-state index >= 15 is 0 Å². The maximum Gasteiger partial charge on any atom is 0.158 e. The van der Waals surface area contributed by atoms with Crippen molar-refractivity contribution in [2.75, 3.05) is 5.73 Å². The number of pyridine rings is 1. The minimum atomic E-state index is 0.395. The minimum Gasteiger partial charge on any atom is -0.383 e. The molecular formula is C13H7Cl4N3. The number of imidazole rings is 1. The number of anilines is 1. The third kappa shape index (κ3) is 2.11. The molecule has 2 N–H and O–H groups in total. The maximum atomic E-state index is 6.20. The summed E-state index contributed by atoms with van der Waals surface area (Å²) in [7, 11) is 0. The molecule has 3 aromatic rings. The molecule has 1 aromatic carbocycles. The average Bonchev–Trinajstić information content (AvgIpc) is 2.71. The van der Waals surface area contributed by atoms with E-state index in [-0.39, 0.29) is 0 Å². The highest BCUT2D eigenvalue weighted by molar-refractivity contribution is 6.43. The molecule has 7 heteroatoms. The van der Waals surface area contributed by atoms with Gasteiger partial charge in [0.1, 0.15) is 11.5 Å². The van der Waals surface area contributed by atoms with Gasteiger partial charge in [-0.05, 0) is 12.1 Å². The SMILES string of the molecule is Nc1c(-c2cccc(Cl)c2Cl)nc2c(Cl)cc(Cl)cn12. The zero-order chi connectivity index (χ0) is 14.4. The van der Waals surface area contributed by atoms with Crippen LogP contribution in [-0.2, 0) is 0 Å². The van der Waals surface area contributed by atoms with Crippen molar-refractivity contribution in [1.29, 1.82) is 0 Å². The predicted molar refractivity (Wildman–Crippen MR) is 85.1 cm³/mol. The third-order valence-corrected chi connectivity index (χ3v) is 4.19. The number of benzene rings is 1. The number of hydrogen-bond acceptors (Lipinski definition) is 2. The number of nitrogens with two attached hydrogens (primary N) is 1. The number of rotatable bonds is 1. The molecule has 2 heterocycles. The predicted octanol–water partition coefficient (Wildman–Crippen LogP) is 5.20. The lowest BCUT2D eigenvalue weighted by Crippen LogP contribution is -1.94. The number of halogens is 4. The highest BCUT2D eigenvalue weighted by atomic mass is 35.5. The number of aromatic nitrogens is 2. The molecule has 0 unspecified atom stereocenters. The summed E-state index contributed by atoms with van der Waals surface area (Å²) in [6.45, 7) is 0. The highest BCUT2D eigenvalue weighted by Gasteiger charge is 2.17. The Bertz CT molecular complexity index is 826. The van der Waals surface area contributed by atoms with E-state index in [4.69, 9.17) is 52.1 Å². The lowest BCUT2D eigenvalue weighted by atomic mass is 10.1. The van der Waals surface area contributed by atoms with Crippen molar-refractivity contribution in [3.05, 3.63) is 50.6 Å². The van der Waals surface area contributed by atoms with Crippen LogP contribution in [0.25, 0.3) is 16.9 Å². The molecule has 0 amide bonds. The van der Waals surface area contributed by atoms with Crippen molar-refractivity contribution >= 4 is 57.9 Å². The van der Waals surface area contributed by atoms with E-state index in [1.54, 1.807) is 34.9 Å². The molecule has 0 aliphatic heterocycles. The summed E-state index contributed by atoms with van der Waals surface area (Å²) < 4.78 is 1.62. The Morgan fingerprint density at radius 3 is 2.55 bits per heavy atom. The zero-order valence-corrected chi connectivity index (χ0v) is 12.9. The Morgan fingerprint density at radius 2 is 1.80 bits per heavy atom. The van der Waals surface area contributed by atoms with Gasteiger partial charge in [-0.2, -0.15) is 0 Å². The summed E-state index contributed by atoms with van der Waals surface area (Å²) in [4.78, 5) is 4.43. The molecular weight excluding hydrogens is 340 g/mol. The lowest BCUT2D eigenvalue weighted by Gasteiger charge is -2.03. The molecule has 0 saturated carbocycles. The van der Waals surface area contributed by atoms with Crippen LogP contribution < -0.4 is 5.73 Å². The van der Waals surface area contributed by atoms with Gasteiger partial charge >= 0.3 is 0 Å². The van der Waals surface area contributed by atoms with Gasteiger partial charge in [-0.3, -0.25) is 4.40 Å². The minimum absolute atomic E-state index is 0.395. The van der Waals surface area contributed by atoms with E-state index in [0.717, 1.165) is 0 Å². The maximum absolute atomic E-state index is 6.20. The molecule has 0 spiro atoms. The summed E-state index contributed by atoms with van der Waals surface area (Å²) in [5, 5.41) is 1.71. The second-order valence-electron chi connectivity index (χ2n) is 4.15. The summed E-state index contributed by atoms with van der Waals surface area (Å²) in [6, 6.07) is 6.88. The standard InChI is InChI=1S/C13H7Cl4N3/c14-6-4-9(16)13-19-11(12(18)20(13)5-6)7-2-1-3-8(15)10(7)17/h1-5H,18H2. The van der Waals surface area contributed by atoms with E-state index in [2.05, 4.69) is 4.98 Å². The fourth-order valence-corrected chi connectivity index (χ4v) is 2.88. The first kappa shape index (κ1) is 13.8. The second kappa shape index (κ2) is 5.01. The Hall–Kier alpha value is -1.13. The van der Waals surface area contributed by atoms with Crippen LogP contribution in [0.3, 0.4) is 0 Å². The second-order valence-corrected chi connectivity index (χ2v) is 5.78. The number of nitrogens with zero attached hydrogens (tertiary/aromatic N) is 2. The molecule has 0 saturated heterocycles. The number of hydrogen-bond donors (Lipinski definition) is 1. The van der Waals surface area contributed by atoms with Gasteiger partial charge in [0, 0.05) is 11.8 Å². The molecule has 0 radical (unpaired) electrons. The van der Waals surface area contributed by atoms with E-state index in [9.17, 15) is 0 Å². The van der Waals surface area contributed by atoms with Crippen molar-refractivity contribution in [1.82, 2.24) is 9.38 Å². The summed E-state index contributed by atoms with van der Waals surface area (Å²) in [5.74, 6) is 0.397. The Balaban J connectivity index is 2.35. The molecule has 3 rings (SSSR count). The van der Waals surface area contributed by atoms with E-state index in [1.807, 2.05) is 0 Å². The van der Waals surface area contributed by atoms with Crippen LogP contribution in [0.2, 0.25) is 20.1 Å². The van der Waals surface area contributed by atoms with Crippen LogP contribution in [0.5, 0.6) is 0 Å². The Kier molecular flexibility index (Phi) is 3.46. The normalized spacial score (nSPS) is 11.2. The van der Waals surface area contributed by atoms with Crippen LogP contribution in [-0.4, -0.2) is 9.38 Å². The molecule has 3 nitrogen and oxygen atoms in total. The lowest BCUT2D eigenvalue weighted by molar-refractivity contribution is 1.20. The summed E-state index contributed by atoms with van der Waals surface area (Å²) >= 11 is 24.3. The molecule has 0 atom stereocenters. The molecule has 0 aliphatic rings. The largest absolute Gasteiger partial charge is 0.383 e. The molecule has 0 aliphatic carbocycles. The number of fused-ring (bicyclic) bond motifs is 1. The van der Waals surface area contributed by atoms with Crippen molar-refractivity contribution in [3.63, 3.8) is 0 Å². The van der Waals surface area contributed by atoms with Crippen LogP contribution in [0.15, 0.2) is 30.5 Å². The van der Waals surface area contributed by atoms with Crippen LogP contribution in [0.1, 0.15) is 0 Å². The van der Waals surface area contributed by atoms with E-state index < -0.39 is 0 Å². The smallest absolute Gasteiger partial charge is 0.158 e. The molecule has 102 valence electrons. The molecule has 2 aromatic heterocycles. The first-order valence-electron chi connectivity index (χ1n) is 5.56. The zero-order valence-electron chi connectivity index (χ0n) is 9.87. The summed E-state index contributed by atoms with van der Waals surface area (Å²) in [5.41, 5.74) is 7.78. The van der Waals surface area contributed by atoms with Crippen molar-refractivity contribution in [2.45, 2.75) is 0 Å². The van der Waals surface area contributed by atoms with Crippen molar-refractivity contribution in [3.8, 4) is 11.3 Å². The van der Waals surface area contributed by atoms with Gasteiger partial charge in [0.05, 0.1) is 20.1 Å². The Morgan fingerprint density at radius 1 is 1.05 bits per heavy atom. The van der Waals surface area contributed by atoms with Gasteiger partial charge in [0.25, 0.3) is 0 Å². The topological polar surface area (TPSA) is 43.3 Å². The van der Waals surface area contributed by atoms with Gasteiger partial charge in [-0.15, -0.1) is 0 Å². The van der Waals surface area contributed by atoms with Gasteiger partial charge in [0.15, 0.2) is 5.65 Å². The van der Waals surface area contributed by atoms with Crippen molar-refractivity contribution < 1.29 is 0 Å². The monoisotopic (exact) mass is 345 g/mol. The molecule has 0 bridgehead atoms. The first-order chi connectivity index (χ1) is 9.49. The summed E-state index contributed by atoms with van der Waals surface area (Å²) in [6.07, 6.45) is 1.65. The fraction of sp³-hybridized carbons (Fsp3) is 0. The molecule has 20 heavy (non-hydrogen) atoms. The number of nitrogen functional groups attached to an aromatic ring is 1. The van der Waals surface area contributed by atoms with Gasteiger partial charge < -0.3 is 5.73 Å². The van der Waals surface area contributed by atoms with Gasteiger partial charge in [-0.1, -0.05) is 58.5 Å². The van der Waals surface area contributed by atoms with E-state index in [0.29, 0.717) is 42.8 Å². The van der Waals surface area contributed by atoms with Crippen LogP contribution in [0, 0.1) is 0 Å². The first-order valence-corrected chi connectivity index (χ1v) is 7.07. The van der Waals surface area contributed by atoms with Crippen molar-refractivity contribution in [2.24, 2.45) is 0 Å². The quantitative estimate of drug-likeness (QED) is 0.658. The van der Waals surface area contributed by atoms with Gasteiger partial charge in [0.2, 0.25) is 0 Å². The van der Waals surface area contributed by atoms with Crippen LogP contribution in [0.4, 0.5) is 5.82 Å². The van der Waals surface area contributed by atoms with Gasteiger partial charge in [-0.25, -0.2) is 4.98 Å². The van der Waals surface area contributed by atoms with E-state index in [1.165, 1.54) is 0 Å². The Labute approximate surface area is 134 Å². The third-order valence-electron chi connectivity index (χ3n) is 2.89. The molecule has 0 fully saturated rings. The fourth-order valence-electron chi connectivity index (χ4n) is 1.98. The highest BCUT2D eigenvalue weighted by Crippen LogP contribution is 2.37. The average molecular weight is 347 g/mol.